The van der Waals surface area contributed by atoms with Gasteiger partial charge in [-0.3, -0.25) is 4.79 Å². The van der Waals surface area contributed by atoms with E-state index in [2.05, 4.69) is 5.32 Å². The highest BCUT2D eigenvalue weighted by Crippen LogP contribution is 2.10. The minimum Gasteiger partial charge on any atom is -0.481 e. The normalized spacial score (nSPS) is 20.7. The maximum Gasteiger partial charge on any atom is 0.317 e. The number of urea groups is 1. The number of carbonyl (C=O) groups excluding carboxylic acids is 1. The number of nitrogens with zero attached hydrogens (tertiary/aromatic N) is 2. The molecule has 0 aromatic carbocycles. The highest BCUT2D eigenvalue weighted by molar-refractivity contribution is 5.76. The van der Waals surface area contributed by atoms with Crippen molar-refractivity contribution in [2.24, 2.45) is 11.8 Å². The van der Waals surface area contributed by atoms with Gasteiger partial charge in [0.1, 0.15) is 0 Å². The van der Waals surface area contributed by atoms with Gasteiger partial charge in [-0.25, -0.2) is 4.79 Å². The van der Waals surface area contributed by atoms with E-state index in [0.717, 1.165) is 0 Å². The van der Waals surface area contributed by atoms with Crippen molar-refractivity contribution in [1.82, 2.24) is 10.2 Å². The molecule has 19 heavy (non-hydrogen) atoms. The molecule has 2 unspecified atom stereocenters. The van der Waals surface area contributed by atoms with E-state index in [1.165, 1.54) is 4.90 Å². The van der Waals surface area contributed by atoms with Crippen LogP contribution >= 0.6 is 0 Å². The Morgan fingerprint density at radius 2 is 2.26 bits per heavy atom. The van der Waals surface area contributed by atoms with Crippen LogP contribution in [0.4, 0.5) is 4.79 Å². The van der Waals surface area contributed by atoms with Crippen molar-refractivity contribution in [3.05, 3.63) is 0 Å². The van der Waals surface area contributed by atoms with Crippen molar-refractivity contribution in [3.8, 4) is 6.07 Å². The topological polar surface area (TPSA) is 103 Å². The molecule has 1 saturated heterocycles. The van der Waals surface area contributed by atoms with Crippen LogP contribution in [0.15, 0.2) is 0 Å². The molecule has 2 N–H and O–H groups in total. The molecule has 7 heteroatoms. The summed E-state index contributed by atoms with van der Waals surface area (Å²) in [4.78, 5) is 24.3. The Labute approximate surface area is 112 Å². The summed E-state index contributed by atoms with van der Waals surface area (Å²) in [5.41, 5.74) is 0. The summed E-state index contributed by atoms with van der Waals surface area (Å²) in [6, 6.07) is 1.60. The third-order valence-electron chi connectivity index (χ3n) is 3.09. The van der Waals surface area contributed by atoms with Crippen molar-refractivity contribution >= 4 is 12.0 Å². The Kier molecular flexibility index (Phi) is 5.57. The van der Waals surface area contributed by atoms with Gasteiger partial charge in [-0.15, -0.1) is 0 Å². The summed E-state index contributed by atoms with van der Waals surface area (Å²) in [5.74, 6) is -1.60. The lowest BCUT2D eigenvalue weighted by Crippen LogP contribution is -2.50. The zero-order valence-electron chi connectivity index (χ0n) is 11.1. The number of ether oxygens (including phenoxy) is 1. The number of rotatable bonds is 4. The molecule has 1 heterocycles. The SMILES string of the molecule is CC(C)C(CNC(=O)N1CCOC(C#N)C1)C(=O)O. The van der Waals surface area contributed by atoms with Crippen LogP contribution in [0, 0.1) is 23.2 Å². The zero-order chi connectivity index (χ0) is 14.4. The highest BCUT2D eigenvalue weighted by atomic mass is 16.5. The van der Waals surface area contributed by atoms with Gasteiger partial charge in [0.2, 0.25) is 0 Å². The molecule has 0 saturated carbocycles. The molecule has 0 aliphatic carbocycles. The quantitative estimate of drug-likeness (QED) is 0.763. The van der Waals surface area contributed by atoms with Gasteiger partial charge in [-0.05, 0) is 5.92 Å². The second-order valence-electron chi connectivity index (χ2n) is 4.81. The fraction of sp³-hybridized carbons (Fsp3) is 0.750. The number of nitriles is 1. The molecule has 2 atom stereocenters. The molecule has 1 aliphatic rings. The standard InChI is InChI=1S/C12H19N3O4/c1-8(2)10(11(16)17)6-14-12(18)15-3-4-19-9(5-13)7-15/h8-10H,3-4,6-7H2,1-2H3,(H,14,18)(H,16,17). The van der Waals surface area contributed by atoms with Crippen molar-refractivity contribution in [2.45, 2.75) is 20.0 Å². The van der Waals surface area contributed by atoms with Crippen LogP contribution in [0.25, 0.3) is 0 Å². The summed E-state index contributed by atoms with van der Waals surface area (Å²) >= 11 is 0. The first-order valence-corrected chi connectivity index (χ1v) is 6.22. The molecule has 0 spiro atoms. The summed E-state index contributed by atoms with van der Waals surface area (Å²) < 4.78 is 5.13. The summed E-state index contributed by atoms with van der Waals surface area (Å²) in [6.45, 7) is 4.61. The Balaban J connectivity index is 2.46. The van der Waals surface area contributed by atoms with E-state index < -0.39 is 18.0 Å². The number of nitrogens with one attached hydrogen (secondary N) is 1. The molecule has 0 radical (unpaired) electrons. The van der Waals surface area contributed by atoms with Crippen LogP contribution in [0.1, 0.15) is 13.8 Å². The van der Waals surface area contributed by atoms with Crippen LogP contribution in [-0.4, -0.2) is 54.4 Å². The zero-order valence-corrected chi connectivity index (χ0v) is 11.1. The van der Waals surface area contributed by atoms with E-state index in [9.17, 15) is 9.59 Å². The fourth-order valence-electron chi connectivity index (χ4n) is 1.83. The molecule has 0 aromatic heterocycles. The minimum atomic E-state index is -0.924. The lowest BCUT2D eigenvalue weighted by Gasteiger charge is -2.30. The second kappa shape index (κ2) is 6.95. The number of carboxylic acid groups (broad SMARTS) is 1. The summed E-state index contributed by atoms with van der Waals surface area (Å²) in [7, 11) is 0. The Morgan fingerprint density at radius 1 is 1.58 bits per heavy atom. The predicted octanol–water partition coefficient (Wildman–Crippen LogP) is 0.277. The first kappa shape index (κ1) is 15.2. The average molecular weight is 269 g/mol. The number of hydrogen-bond donors (Lipinski definition) is 2. The van der Waals surface area contributed by atoms with Gasteiger partial charge in [0.15, 0.2) is 6.10 Å². The van der Waals surface area contributed by atoms with E-state index in [1.54, 1.807) is 13.8 Å². The van der Waals surface area contributed by atoms with Gasteiger partial charge < -0.3 is 20.1 Å². The Morgan fingerprint density at radius 3 is 2.79 bits per heavy atom. The van der Waals surface area contributed by atoms with Gasteiger partial charge in [-0.1, -0.05) is 13.8 Å². The minimum absolute atomic E-state index is 0.0608. The summed E-state index contributed by atoms with van der Waals surface area (Å²) in [6.07, 6.45) is -0.611. The number of amides is 2. The number of morpholine rings is 1. The van der Waals surface area contributed by atoms with Crippen molar-refractivity contribution in [1.29, 1.82) is 5.26 Å². The molecular formula is C12H19N3O4. The summed E-state index contributed by atoms with van der Waals surface area (Å²) in [5, 5.41) is 20.4. The first-order chi connectivity index (χ1) is 8.95. The molecule has 106 valence electrons. The molecule has 1 aliphatic heterocycles. The Hall–Kier alpha value is -1.81. The lowest BCUT2D eigenvalue weighted by molar-refractivity contribution is -0.142. The molecular weight excluding hydrogens is 250 g/mol. The van der Waals surface area contributed by atoms with Crippen LogP contribution in [0.5, 0.6) is 0 Å². The molecule has 1 fully saturated rings. The molecule has 2 amide bonds. The van der Waals surface area contributed by atoms with Crippen LogP contribution in [0.3, 0.4) is 0 Å². The smallest absolute Gasteiger partial charge is 0.317 e. The molecule has 7 nitrogen and oxygen atoms in total. The maximum absolute atomic E-state index is 11.9. The third-order valence-corrected chi connectivity index (χ3v) is 3.09. The van der Waals surface area contributed by atoms with Crippen molar-refractivity contribution in [3.63, 3.8) is 0 Å². The average Bonchev–Trinajstić information content (AvgIpc) is 2.38. The second-order valence-corrected chi connectivity index (χ2v) is 4.81. The maximum atomic E-state index is 11.9. The van der Waals surface area contributed by atoms with E-state index >= 15 is 0 Å². The lowest BCUT2D eigenvalue weighted by atomic mass is 9.96. The van der Waals surface area contributed by atoms with Crippen LogP contribution in [-0.2, 0) is 9.53 Å². The van der Waals surface area contributed by atoms with Crippen molar-refractivity contribution in [2.75, 3.05) is 26.2 Å². The number of aliphatic carboxylic acids is 1. The Bertz CT molecular complexity index is 378. The molecule has 1 rings (SSSR count). The predicted molar refractivity (Wildman–Crippen MR) is 66.3 cm³/mol. The largest absolute Gasteiger partial charge is 0.481 e. The van der Waals surface area contributed by atoms with Crippen molar-refractivity contribution < 1.29 is 19.4 Å². The fourth-order valence-corrected chi connectivity index (χ4v) is 1.83. The van der Waals surface area contributed by atoms with E-state index in [0.29, 0.717) is 13.2 Å². The van der Waals surface area contributed by atoms with Gasteiger partial charge in [0.05, 0.1) is 25.1 Å². The van der Waals surface area contributed by atoms with Crippen LogP contribution in [0.2, 0.25) is 0 Å². The first-order valence-electron chi connectivity index (χ1n) is 6.22. The molecule has 0 bridgehead atoms. The van der Waals surface area contributed by atoms with Gasteiger partial charge in [-0.2, -0.15) is 5.26 Å². The molecule has 0 aromatic rings. The monoisotopic (exact) mass is 269 g/mol. The number of carbonyl (C=O) groups is 2. The van der Waals surface area contributed by atoms with E-state index in [-0.39, 0.29) is 25.0 Å². The van der Waals surface area contributed by atoms with Crippen LogP contribution < -0.4 is 5.32 Å². The highest BCUT2D eigenvalue weighted by Gasteiger charge is 2.26. The van der Waals surface area contributed by atoms with E-state index in [4.69, 9.17) is 15.1 Å². The number of hydrogen-bond acceptors (Lipinski definition) is 4. The van der Waals surface area contributed by atoms with Gasteiger partial charge in [0.25, 0.3) is 0 Å². The van der Waals surface area contributed by atoms with E-state index in [1.807, 2.05) is 6.07 Å². The third kappa shape index (κ3) is 4.41. The van der Waals surface area contributed by atoms with Gasteiger partial charge >= 0.3 is 12.0 Å². The van der Waals surface area contributed by atoms with Gasteiger partial charge in [0, 0.05) is 13.1 Å². The number of carboxylic acids is 1.